The zero-order chi connectivity index (χ0) is 14.3. The van der Waals surface area contributed by atoms with E-state index in [9.17, 15) is 0 Å². The molecule has 0 spiro atoms. The molecule has 1 unspecified atom stereocenters. The molecule has 1 aromatic rings. The van der Waals surface area contributed by atoms with Gasteiger partial charge in [-0.15, -0.1) is 6.58 Å². The molecule has 0 fully saturated rings. The number of benzene rings is 1. The molecule has 0 heterocycles. The van der Waals surface area contributed by atoms with Crippen LogP contribution in [0.15, 0.2) is 30.9 Å². The van der Waals surface area contributed by atoms with Gasteiger partial charge in [-0.2, -0.15) is 0 Å². The molecule has 0 saturated heterocycles. The molecular weight excluding hydrogens is 236 g/mol. The first kappa shape index (κ1) is 14.8. The van der Waals surface area contributed by atoms with E-state index in [1.54, 1.807) is 12.1 Å². The maximum atomic E-state index is 8.21. The molecule has 4 heteroatoms. The van der Waals surface area contributed by atoms with E-state index in [0.29, 0.717) is 29.8 Å². The second-order valence-electron chi connectivity index (χ2n) is 4.36. The van der Waals surface area contributed by atoms with Crippen molar-refractivity contribution in [3.05, 3.63) is 42.0 Å². The van der Waals surface area contributed by atoms with Crippen LogP contribution in [-0.2, 0) is 6.42 Å². The second kappa shape index (κ2) is 7.26. The van der Waals surface area contributed by atoms with Crippen LogP contribution in [-0.4, -0.2) is 18.1 Å². The maximum absolute atomic E-state index is 8.21. The highest BCUT2D eigenvalue weighted by atomic mass is 14.6. The maximum Gasteiger partial charge on any atom is 0.0479 e. The number of nitrogens with one attached hydrogen (secondary N) is 3. The van der Waals surface area contributed by atoms with Gasteiger partial charge in [-0.25, -0.2) is 0 Å². The van der Waals surface area contributed by atoms with Crippen LogP contribution in [0, 0.1) is 22.1 Å². The number of rotatable bonds is 8. The minimum Gasteiger partial charge on any atom is -0.398 e. The van der Waals surface area contributed by atoms with Gasteiger partial charge in [0.05, 0.1) is 0 Å². The largest absolute Gasteiger partial charge is 0.398 e. The van der Waals surface area contributed by atoms with Crippen molar-refractivity contribution < 1.29 is 0 Å². The Bertz CT molecular complexity index is 491. The highest BCUT2D eigenvalue weighted by Crippen LogP contribution is 2.21. The predicted molar refractivity (Wildman–Crippen MR) is 81.9 cm³/mol. The van der Waals surface area contributed by atoms with E-state index in [-0.39, 0.29) is 5.92 Å². The molecule has 0 aliphatic heterocycles. The van der Waals surface area contributed by atoms with Gasteiger partial charge in [-0.05, 0) is 49.4 Å². The van der Waals surface area contributed by atoms with Crippen molar-refractivity contribution in [3.8, 4) is 0 Å². The lowest BCUT2D eigenvalue weighted by molar-refractivity contribution is 0.915. The quantitative estimate of drug-likeness (QED) is 0.321. The molecular formula is C15H20N4. The zero-order valence-electron chi connectivity index (χ0n) is 10.9. The van der Waals surface area contributed by atoms with Crippen LogP contribution in [0.2, 0.25) is 0 Å². The molecule has 0 aliphatic carbocycles. The Balaban J connectivity index is 3.02. The molecule has 1 atom stereocenters. The lowest BCUT2D eigenvalue weighted by Crippen LogP contribution is -2.15. The van der Waals surface area contributed by atoms with Gasteiger partial charge >= 0.3 is 0 Å². The molecule has 1 rings (SSSR count). The normalized spacial score (nSPS) is 11.6. The van der Waals surface area contributed by atoms with Gasteiger partial charge in [0.15, 0.2) is 0 Å². The summed E-state index contributed by atoms with van der Waals surface area (Å²) in [6.45, 7) is 3.71. The van der Waals surface area contributed by atoms with Gasteiger partial charge in [0.1, 0.15) is 0 Å². The van der Waals surface area contributed by atoms with Gasteiger partial charge in [0, 0.05) is 22.9 Å². The van der Waals surface area contributed by atoms with E-state index in [2.05, 4.69) is 6.58 Å². The molecule has 0 aromatic heterocycles. The Morgan fingerprint density at radius 1 is 1.32 bits per heavy atom. The van der Waals surface area contributed by atoms with Gasteiger partial charge in [0.2, 0.25) is 0 Å². The van der Waals surface area contributed by atoms with E-state index in [1.807, 2.05) is 12.1 Å². The van der Waals surface area contributed by atoms with Crippen molar-refractivity contribution in [2.75, 3.05) is 5.73 Å². The van der Waals surface area contributed by atoms with Crippen molar-refractivity contribution >= 4 is 23.8 Å². The lowest BCUT2D eigenvalue weighted by Gasteiger charge is -2.15. The summed E-state index contributed by atoms with van der Waals surface area (Å²) in [6.07, 6.45) is 6.26. The average Bonchev–Trinajstić information content (AvgIpc) is 2.43. The Morgan fingerprint density at radius 3 is 2.63 bits per heavy atom. The first-order valence-corrected chi connectivity index (χ1v) is 6.21. The van der Waals surface area contributed by atoms with Crippen LogP contribution < -0.4 is 5.73 Å². The van der Waals surface area contributed by atoms with Crippen molar-refractivity contribution in [2.24, 2.45) is 5.92 Å². The number of allylic oxidation sites excluding steroid dienone is 1. The molecule has 0 radical (unpaired) electrons. The fraction of sp³-hybridized carbons (Fsp3) is 0.267. The van der Waals surface area contributed by atoms with E-state index in [1.165, 1.54) is 12.4 Å². The molecule has 5 N–H and O–H groups in total. The number of anilines is 1. The van der Waals surface area contributed by atoms with E-state index in [0.717, 1.165) is 12.0 Å². The summed E-state index contributed by atoms with van der Waals surface area (Å²) in [5, 5.41) is 22.4. The van der Waals surface area contributed by atoms with Crippen molar-refractivity contribution in [1.29, 1.82) is 16.2 Å². The lowest BCUT2D eigenvalue weighted by atomic mass is 9.91. The Labute approximate surface area is 113 Å². The van der Waals surface area contributed by atoms with Gasteiger partial charge in [-0.3, -0.25) is 0 Å². The number of hydrogen-bond donors (Lipinski definition) is 4. The van der Waals surface area contributed by atoms with Crippen LogP contribution in [0.1, 0.15) is 24.0 Å². The third-order valence-corrected chi connectivity index (χ3v) is 3.01. The Morgan fingerprint density at radius 2 is 2.05 bits per heavy atom. The monoisotopic (exact) mass is 256 g/mol. The number of nitrogen functional groups attached to an aromatic ring is 1. The van der Waals surface area contributed by atoms with Crippen LogP contribution in [0.4, 0.5) is 5.69 Å². The average molecular weight is 256 g/mol. The Kier molecular flexibility index (Phi) is 5.67. The molecule has 19 heavy (non-hydrogen) atoms. The minimum atomic E-state index is -0.183. The molecule has 100 valence electrons. The molecule has 0 aliphatic rings. The Hall–Kier alpha value is -2.23. The summed E-state index contributed by atoms with van der Waals surface area (Å²) in [5.74, 6) is -0.183. The third kappa shape index (κ3) is 3.88. The first-order valence-electron chi connectivity index (χ1n) is 6.21. The standard InChI is InChI=1S/C15H20N4/c1-2-12(7-9-17)15(19)13-10-11(4-3-8-16)5-6-14(13)18/h2,5-6,8-10,12,16-17,19H,1,3-4,7,18H2. The minimum absolute atomic E-state index is 0.183. The molecule has 0 bridgehead atoms. The first-order chi connectivity index (χ1) is 9.13. The topological polar surface area (TPSA) is 97.6 Å². The molecule has 0 amide bonds. The summed E-state index contributed by atoms with van der Waals surface area (Å²) in [5.41, 5.74) is 8.66. The number of hydrogen-bond acceptors (Lipinski definition) is 4. The van der Waals surface area contributed by atoms with Crippen LogP contribution in [0.3, 0.4) is 0 Å². The smallest absolute Gasteiger partial charge is 0.0479 e. The predicted octanol–water partition coefficient (Wildman–Crippen LogP) is 3.06. The van der Waals surface area contributed by atoms with Crippen molar-refractivity contribution in [3.63, 3.8) is 0 Å². The zero-order valence-corrected chi connectivity index (χ0v) is 10.9. The van der Waals surface area contributed by atoms with Crippen LogP contribution in [0.5, 0.6) is 0 Å². The van der Waals surface area contributed by atoms with E-state index in [4.69, 9.17) is 22.0 Å². The summed E-state index contributed by atoms with van der Waals surface area (Å²) in [7, 11) is 0. The molecule has 0 saturated carbocycles. The van der Waals surface area contributed by atoms with E-state index < -0.39 is 0 Å². The summed E-state index contributed by atoms with van der Waals surface area (Å²) < 4.78 is 0. The third-order valence-electron chi connectivity index (χ3n) is 3.01. The van der Waals surface area contributed by atoms with E-state index >= 15 is 0 Å². The number of nitrogens with two attached hydrogens (primary N) is 1. The highest BCUT2D eigenvalue weighted by molar-refractivity contribution is 6.05. The molecule has 4 nitrogen and oxygen atoms in total. The second-order valence-corrected chi connectivity index (χ2v) is 4.36. The van der Waals surface area contributed by atoms with Gasteiger partial charge in [-0.1, -0.05) is 12.1 Å². The number of aryl methyl sites for hydroxylation is 1. The summed E-state index contributed by atoms with van der Waals surface area (Å²) in [6, 6.07) is 5.63. The molecule has 1 aromatic carbocycles. The van der Waals surface area contributed by atoms with Crippen molar-refractivity contribution in [2.45, 2.75) is 19.3 Å². The fourth-order valence-electron chi connectivity index (χ4n) is 1.89. The fourth-order valence-corrected chi connectivity index (χ4v) is 1.89. The highest BCUT2D eigenvalue weighted by Gasteiger charge is 2.14. The SMILES string of the molecule is C=CC(CC=N)C(=N)c1cc(CCC=N)ccc1N. The summed E-state index contributed by atoms with van der Waals surface area (Å²) in [4.78, 5) is 0. The van der Waals surface area contributed by atoms with Crippen molar-refractivity contribution in [1.82, 2.24) is 0 Å². The van der Waals surface area contributed by atoms with Crippen LogP contribution in [0.25, 0.3) is 0 Å². The van der Waals surface area contributed by atoms with Gasteiger partial charge in [0.25, 0.3) is 0 Å². The van der Waals surface area contributed by atoms with Gasteiger partial charge < -0.3 is 22.0 Å². The van der Waals surface area contributed by atoms with Crippen LogP contribution >= 0.6 is 0 Å². The summed E-state index contributed by atoms with van der Waals surface area (Å²) >= 11 is 0.